The standard InChI is InChI=1S/C10H19NO2/c1-8(10(11)12)13-7-9-5-3-2-4-6-9/h8-9H,2-7H2,1H3,(H2,11,12). The van der Waals surface area contributed by atoms with Crippen molar-refractivity contribution in [2.45, 2.75) is 45.1 Å². The lowest BCUT2D eigenvalue weighted by Gasteiger charge is -2.22. The predicted octanol–water partition coefficient (Wildman–Crippen LogP) is 1.46. The van der Waals surface area contributed by atoms with E-state index in [2.05, 4.69) is 0 Å². The van der Waals surface area contributed by atoms with Crippen LogP contribution in [0.25, 0.3) is 0 Å². The molecule has 0 heterocycles. The molecule has 0 bridgehead atoms. The van der Waals surface area contributed by atoms with Crippen LogP contribution in [0, 0.1) is 5.92 Å². The number of amides is 1. The van der Waals surface area contributed by atoms with Crippen LogP contribution >= 0.6 is 0 Å². The highest BCUT2D eigenvalue weighted by Gasteiger charge is 2.16. The zero-order chi connectivity index (χ0) is 9.68. The summed E-state index contributed by atoms with van der Waals surface area (Å²) in [5.41, 5.74) is 5.09. The van der Waals surface area contributed by atoms with Crippen LogP contribution in [0.2, 0.25) is 0 Å². The van der Waals surface area contributed by atoms with E-state index in [0.29, 0.717) is 12.5 Å². The van der Waals surface area contributed by atoms with Gasteiger partial charge < -0.3 is 10.5 Å². The summed E-state index contributed by atoms with van der Waals surface area (Å²) >= 11 is 0. The first-order chi connectivity index (χ1) is 6.20. The molecule has 1 unspecified atom stereocenters. The molecule has 2 N–H and O–H groups in total. The molecule has 0 saturated heterocycles. The second kappa shape index (κ2) is 5.22. The molecule has 0 aromatic heterocycles. The molecule has 0 aromatic rings. The highest BCUT2D eigenvalue weighted by Crippen LogP contribution is 2.23. The van der Waals surface area contributed by atoms with Gasteiger partial charge in [0.25, 0.3) is 0 Å². The summed E-state index contributed by atoms with van der Waals surface area (Å²) in [6, 6.07) is 0. The molecule has 3 heteroatoms. The molecular weight excluding hydrogens is 166 g/mol. The van der Waals surface area contributed by atoms with Crippen molar-refractivity contribution < 1.29 is 9.53 Å². The van der Waals surface area contributed by atoms with Gasteiger partial charge in [-0.25, -0.2) is 0 Å². The quantitative estimate of drug-likeness (QED) is 0.720. The second-order valence-corrected chi connectivity index (χ2v) is 3.88. The molecule has 1 saturated carbocycles. The SMILES string of the molecule is CC(OCC1CCCCC1)C(N)=O. The number of rotatable bonds is 4. The van der Waals surface area contributed by atoms with Crippen molar-refractivity contribution in [3.05, 3.63) is 0 Å². The van der Waals surface area contributed by atoms with Gasteiger partial charge in [-0.2, -0.15) is 0 Å². The van der Waals surface area contributed by atoms with E-state index in [9.17, 15) is 4.79 Å². The topological polar surface area (TPSA) is 52.3 Å². The molecule has 76 valence electrons. The number of carbonyl (C=O) groups is 1. The monoisotopic (exact) mass is 185 g/mol. The third kappa shape index (κ3) is 3.77. The Hall–Kier alpha value is -0.570. The van der Waals surface area contributed by atoms with Crippen molar-refractivity contribution in [2.75, 3.05) is 6.61 Å². The number of nitrogens with two attached hydrogens (primary N) is 1. The Labute approximate surface area is 79.6 Å². The van der Waals surface area contributed by atoms with Crippen LogP contribution in [-0.2, 0) is 9.53 Å². The smallest absolute Gasteiger partial charge is 0.246 e. The highest BCUT2D eigenvalue weighted by molar-refractivity contribution is 5.78. The lowest BCUT2D eigenvalue weighted by Crippen LogP contribution is -2.30. The largest absolute Gasteiger partial charge is 0.368 e. The third-order valence-electron chi connectivity index (χ3n) is 2.71. The van der Waals surface area contributed by atoms with Crippen molar-refractivity contribution in [3.8, 4) is 0 Å². The molecule has 1 fully saturated rings. The number of ether oxygens (including phenoxy) is 1. The maximum Gasteiger partial charge on any atom is 0.246 e. The van der Waals surface area contributed by atoms with E-state index < -0.39 is 6.10 Å². The van der Waals surface area contributed by atoms with E-state index in [1.165, 1.54) is 32.1 Å². The normalized spacial score (nSPS) is 21.3. The Morgan fingerprint density at radius 1 is 1.46 bits per heavy atom. The lowest BCUT2D eigenvalue weighted by atomic mass is 9.90. The van der Waals surface area contributed by atoms with Crippen molar-refractivity contribution in [2.24, 2.45) is 11.7 Å². The molecule has 1 aliphatic carbocycles. The minimum atomic E-state index is -0.429. The molecule has 0 spiro atoms. The van der Waals surface area contributed by atoms with Crippen molar-refractivity contribution >= 4 is 5.91 Å². The zero-order valence-electron chi connectivity index (χ0n) is 8.29. The fraction of sp³-hybridized carbons (Fsp3) is 0.900. The van der Waals surface area contributed by atoms with Crippen LogP contribution in [0.1, 0.15) is 39.0 Å². The van der Waals surface area contributed by atoms with Gasteiger partial charge in [-0.3, -0.25) is 4.79 Å². The summed E-state index contributed by atoms with van der Waals surface area (Å²) in [7, 11) is 0. The number of hydrogen-bond donors (Lipinski definition) is 1. The first-order valence-corrected chi connectivity index (χ1v) is 5.11. The van der Waals surface area contributed by atoms with E-state index in [1.807, 2.05) is 0 Å². The molecular formula is C10H19NO2. The van der Waals surface area contributed by atoms with Gasteiger partial charge >= 0.3 is 0 Å². The minimum Gasteiger partial charge on any atom is -0.368 e. The third-order valence-corrected chi connectivity index (χ3v) is 2.71. The number of primary amides is 1. The van der Waals surface area contributed by atoms with Crippen molar-refractivity contribution in [1.82, 2.24) is 0 Å². The average molecular weight is 185 g/mol. The molecule has 1 rings (SSSR count). The van der Waals surface area contributed by atoms with Gasteiger partial charge in [-0.05, 0) is 25.7 Å². The minimum absolute atomic E-state index is 0.365. The molecule has 3 nitrogen and oxygen atoms in total. The highest BCUT2D eigenvalue weighted by atomic mass is 16.5. The molecule has 13 heavy (non-hydrogen) atoms. The van der Waals surface area contributed by atoms with Crippen LogP contribution in [-0.4, -0.2) is 18.6 Å². The summed E-state index contributed by atoms with van der Waals surface area (Å²) in [4.78, 5) is 10.7. The maximum absolute atomic E-state index is 10.7. The van der Waals surface area contributed by atoms with Gasteiger partial charge in [-0.15, -0.1) is 0 Å². The van der Waals surface area contributed by atoms with Gasteiger partial charge in [-0.1, -0.05) is 19.3 Å². The summed E-state index contributed by atoms with van der Waals surface area (Å²) in [5, 5.41) is 0. The van der Waals surface area contributed by atoms with E-state index in [-0.39, 0.29) is 5.91 Å². The van der Waals surface area contributed by atoms with Crippen LogP contribution in [0.4, 0.5) is 0 Å². The van der Waals surface area contributed by atoms with Crippen molar-refractivity contribution in [3.63, 3.8) is 0 Å². The summed E-state index contributed by atoms with van der Waals surface area (Å²) < 4.78 is 5.37. The fourth-order valence-corrected chi connectivity index (χ4v) is 1.72. The number of carbonyl (C=O) groups excluding carboxylic acids is 1. The van der Waals surface area contributed by atoms with Gasteiger partial charge in [0.2, 0.25) is 5.91 Å². The van der Waals surface area contributed by atoms with Gasteiger partial charge in [0.05, 0.1) is 6.61 Å². The Morgan fingerprint density at radius 2 is 2.08 bits per heavy atom. The van der Waals surface area contributed by atoms with Gasteiger partial charge in [0, 0.05) is 0 Å². The van der Waals surface area contributed by atoms with Gasteiger partial charge in [0.1, 0.15) is 6.10 Å². The van der Waals surface area contributed by atoms with E-state index in [4.69, 9.17) is 10.5 Å². The van der Waals surface area contributed by atoms with Crippen LogP contribution in [0.3, 0.4) is 0 Å². The summed E-state index contributed by atoms with van der Waals surface area (Å²) in [6.07, 6.45) is 6.01. The second-order valence-electron chi connectivity index (χ2n) is 3.88. The fourth-order valence-electron chi connectivity index (χ4n) is 1.72. The molecule has 1 aliphatic rings. The van der Waals surface area contributed by atoms with Crippen LogP contribution < -0.4 is 5.73 Å². The van der Waals surface area contributed by atoms with Crippen molar-refractivity contribution in [1.29, 1.82) is 0 Å². The summed E-state index contributed by atoms with van der Waals surface area (Å²) in [5.74, 6) is 0.284. The average Bonchev–Trinajstić information content (AvgIpc) is 2.15. The molecule has 1 atom stereocenters. The zero-order valence-corrected chi connectivity index (χ0v) is 8.29. The Bertz CT molecular complexity index is 164. The van der Waals surface area contributed by atoms with E-state index in [1.54, 1.807) is 6.92 Å². The first kappa shape index (κ1) is 10.5. The van der Waals surface area contributed by atoms with E-state index in [0.717, 1.165) is 0 Å². The van der Waals surface area contributed by atoms with Crippen LogP contribution in [0.15, 0.2) is 0 Å². The maximum atomic E-state index is 10.7. The Balaban J connectivity index is 2.13. The molecule has 0 aliphatic heterocycles. The first-order valence-electron chi connectivity index (χ1n) is 5.11. The lowest BCUT2D eigenvalue weighted by molar-refractivity contribution is -0.129. The number of hydrogen-bond acceptors (Lipinski definition) is 2. The molecule has 1 amide bonds. The molecule has 0 radical (unpaired) electrons. The Kier molecular flexibility index (Phi) is 4.22. The van der Waals surface area contributed by atoms with Gasteiger partial charge in [0.15, 0.2) is 0 Å². The molecule has 0 aromatic carbocycles. The summed E-state index contributed by atoms with van der Waals surface area (Å²) in [6.45, 7) is 2.41. The van der Waals surface area contributed by atoms with Crippen LogP contribution in [0.5, 0.6) is 0 Å². The predicted molar refractivity (Wildman–Crippen MR) is 51.2 cm³/mol. The van der Waals surface area contributed by atoms with E-state index >= 15 is 0 Å². The Morgan fingerprint density at radius 3 is 2.62 bits per heavy atom.